The van der Waals surface area contributed by atoms with Crippen LogP contribution in [-0.2, 0) is 9.59 Å². The first-order valence-corrected chi connectivity index (χ1v) is 12.1. The molecule has 4 aromatic rings. The summed E-state index contributed by atoms with van der Waals surface area (Å²) < 4.78 is 7.36. The van der Waals surface area contributed by atoms with E-state index in [4.69, 9.17) is 4.42 Å². The number of hydrogen-bond donors (Lipinski definition) is 2. The lowest BCUT2D eigenvalue weighted by Gasteiger charge is -2.15. The molecule has 0 fully saturated rings. The number of aromatic nitrogens is 3. The van der Waals surface area contributed by atoms with Gasteiger partial charge in [0.2, 0.25) is 11.8 Å². The zero-order valence-electron chi connectivity index (χ0n) is 20.0. The minimum absolute atomic E-state index is 0.123. The van der Waals surface area contributed by atoms with Crippen LogP contribution in [0, 0.1) is 20.8 Å². The van der Waals surface area contributed by atoms with Gasteiger partial charge >= 0.3 is 0 Å². The highest BCUT2D eigenvalue weighted by Gasteiger charge is 2.23. The summed E-state index contributed by atoms with van der Waals surface area (Å²) in [6.45, 7) is 7.38. The van der Waals surface area contributed by atoms with E-state index in [-0.39, 0.29) is 18.4 Å². The first-order valence-electron chi connectivity index (χ1n) is 11.2. The highest BCUT2D eigenvalue weighted by Crippen LogP contribution is 2.31. The van der Waals surface area contributed by atoms with Crippen molar-refractivity contribution in [1.82, 2.24) is 20.1 Å². The van der Waals surface area contributed by atoms with Crippen LogP contribution in [0.15, 0.2) is 70.4 Å². The molecule has 1 unspecified atom stereocenters. The zero-order valence-corrected chi connectivity index (χ0v) is 20.8. The van der Waals surface area contributed by atoms with Gasteiger partial charge in [0.25, 0.3) is 0 Å². The second kappa shape index (κ2) is 10.6. The SMILES string of the molecule is Cc1cccc(C)c1NC(=O)CNC(=O)C(C)Sc1nnc(-c2ccoc2C)n1-c1ccccc1. The van der Waals surface area contributed by atoms with Crippen molar-refractivity contribution < 1.29 is 14.0 Å². The van der Waals surface area contributed by atoms with E-state index >= 15 is 0 Å². The molecule has 0 saturated heterocycles. The molecule has 35 heavy (non-hydrogen) atoms. The summed E-state index contributed by atoms with van der Waals surface area (Å²) in [4.78, 5) is 25.2. The highest BCUT2D eigenvalue weighted by molar-refractivity contribution is 8.00. The molecule has 2 aromatic carbocycles. The maximum atomic E-state index is 12.8. The summed E-state index contributed by atoms with van der Waals surface area (Å²) in [6.07, 6.45) is 1.61. The first kappa shape index (κ1) is 24.3. The number of anilines is 1. The van der Waals surface area contributed by atoms with Gasteiger partial charge in [0, 0.05) is 11.4 Å². The van der Waals surface area contributed by atoms with E-state index in [1.807, 2.05) is 79.9 Å². The molecule has 2 N–H and O–H groups in total. The number of amides is 2. The molecule has 180 valence electrons. The fourth-order valence-electron chi connectivity index (χ4n) is 3.67. The number of carbonyl (C=O) groups is 2. The first-order chi connectivity index (χ1) is 16.8. The van der Waals surface area contributed by atoms with Crippen LogP contribution in [-0.4, -0.2) is 38.4 Å². The van der Waals surface area contributed by atoms with Gasteiger partial charge in [0.1, 0.15) is 5.76 Å². The Morgan fingerprint density at radius 2 is 1.71 bits per heavy atom. The molecule has 2 aromatic heterocycles. The van der Waals surface area contributed by atoms with Gasteiger partial charge in [-0.3, -0.25) is 14.2 Å². The molecule has 0 aliphatic heterocycles. The summed E-state index contributed by atoms with van der Waals surface area (Å²) in [5, 5.41) is 14.4. The van der Waals surface area contributed by atoms with Gasteiger partial charge in [0.15, 0.2) is 11.0 Å². The predicted molar refractivity (Wildman–Crippen MR) is 137 cm³/mol. The number of nitrogens with zero attached hydrogens (tertiary/aromatic N) is 3. The fourth-order valence-corrected chi connectivity index (χ4v) is 4.56. The smallest absolute Gasteiger partial charge is 0.243 e. The minimum atomic E-state index is -0.507. The van der Waals surface area contributed by atoms with Crippen LogP contribution in [0.2, 0.25) is 0 Å². The second-order valence-electron chi connectivity index (χ2n) is 8.16. The monoisotopic (exact) mass is 489 g/mol. The molecule has 1 atom stereocenters. The normalized spacial score (nSPS) is 11.8. The standard InChI is InChI=1S/C26H27N5O3S/c1-16-9-8-10-17(2)23(16)28-22(32)15-27-25(33)19(4)35-26-30-29-24(21-13-14-34-18(21)3)31(26)20-11-6-5-7-12-20/h5-14,19H,15H2,1-4H3,(H,27,33)(H,28,32). The number of hydrogen-bond acceptors (Lipinski definition) is 6. The van der Waals surface area contributed by atoms with Crippen LogP contribution in [0.4, 0.5) is 5.69 Å². The Labute approximate surface area is 208 Å². The van der Waals surface area contributed by atoms with E-state index in [1.165, 1.54) is 11.8 Å². The Balaban J connectivity index is 1.46. The van der Waals surface area contributed by atoms with Gasteiger partial charge in [-0.25, -0.2) is 0 Å². The molecule has 2 heterocycles. The Bertz CT molecular complexity index is 1330. The van der Waals surface area contributed by atoms with Crippen molar-refractivity contribution in [3.63, 3.8) is 0 Å². The van der Waals surface area contributed by atoms with E-state index in [0.29, 0.717) is 11.0 Å². The molecule has 0 radical (unpaired) electrons. The van der Waals surface area contributed by atoms with Crippen LogP contribution in [0.1, 0.15) is 23.8 Å². The summed E-state index contributed by atoms with van der Waals surface area (Å²) in [7, 11) is 0. The molecule has 0 aliphatic rings. The third-order valence-electron chi connectivity index (χ3n) is 5.57. The maximum absolute atomic E-state index is 12.8. The van der Waals surface area contributed by atoms with Crippen LogP contribution in [0.3, 0.4) is 0 Å². The number of carbonyl (C=O) groups excluding carboxylic acids is 2. The summed E-state index contributed by atoms with van der Waals surface area (Å²) in [5.74, 6) is 0.811. The predicted octanol–water partition coefficient (Wildman–Crippen LogP) is 4.69. The van der Waals surface area contributed by atoms with Crippen LogP contribution in [0.25, 0.3) is 17.1 Å². The van der Waals surface area contributed by atoms with Gasteiger partial charge < -0.3 is 15.1 Å². The average Bonchev–Trinajstić information content (AvgIpc) is 3.46. The van der Waals surface area contributed by atoms with Crippen molar-refractivity contribution in [2.45, 2.75) is 38.1 Å². The lowest BCUT2D eigenvalue weighted by molar-refractivity contribution is -0.123. The van der Waals surface area contributed by atoms with Crippen LogP contribution >= 0.6 is 11.8 Å². The fraction of sp³-hybridized carbons (Fsp3) is 0.231. The van der Waals surface area contributed by atoms with Crippen molar-refractivity contribution in [1.29, 1.82) is 0 Å². The Hall–Kier alpha value is -3.85. The Morgan fingerprint density at radius 1 is 1.00 bits per heavy atom. The second-order valence-corrected chi connectivity index (χ2v) is 9.47. The summed E-state index contributed by atoms with van der Waals surface area (Å²) in [5.41, 5.74) is 4.41. The van der Waals surface area contributed by atoms with E-state index in [0.717, 1.165) is 33.8 Å². The third-order valence-corrected chi connectivity index (χ3v) is 6.61. The summed E-state index contributed by atoms with van der Waals surface area (Å²) >= 11 is 1.27. The third kappa shape index (κ3) is 5.46. The average molecular weight is 490 g/mol. The minimum Gasteiger partial charge on any atom is -0.469 e. The molecular weight excluding hydrogens is 462 g/mol. The van der Waals surface area contributed by atoms with Gasteiger partial charge in [-0.1, -0.05) is 48.2 Å². The largest absolute Gasteiger partial charge is 0.469 e. The summed E-state index contributed by atoms with van der Waals surface area (Å²) in [6, 6.07) is 17.4. The number of furan rings is 1. The van der Waals surface area contributed by atoms with Crippen molar-refractivity contribution in [2.75, 3.05) is 11.9 Å². The van der Waals surface area contributed by atoms with Crippen molar-refractivity contribution >= 4 is 29.3 Å². The number of thioether (sulfide) groups is 1. The molecule has 9 heteroatoms. The molecule has 8 nitrogen and oxygen atoms in total. The highest BCUT2D eigenvalue weighted by atomic mass is 32.2. The topological polar surface area (TPSA) is 102 Å². The molecule has 0 bridgehead atoms. The Kier molecular flexibility index (Phi) is 7.36. The molecular formula is C26H27N5O3S. The molecule has 2 amide bonds. The Morgan fingerprint density at radius 3 is 2.37 bits per heavy atom. The van der Waals surface area contributed by atoms with Gasteiger partial charge in [-0.05, 0) is 57.0 Å². The maximum Gasteiger partial charge on any atom is 0.243 e. The number of rotatable bonds is 8. The van der Waals surface area contributed by atoms with E-state index < -0.39 is 5.25 Å². The van der Waals surface area contributed by atoms with Crippen molar-refractivity contribution in [2.24, 2.45) is 0 Å². The number of benzene rings is 2. The van der Waals surface area contributed by atoms with E-state index in [2.05, 4.69) is 20.8 Å². The van der Waals surface area contributed by atoms with Crippen molar-refractivity contribution in [3.8, 4) is 17.1 Å². The number of aryl methyl sites for hydroxylation is 3. The van der Waals surface area contributed by atoms with Crippen LogP contribution in [0.5, 0.6) is 0 Å². The number of para-hydroxylation sites is 2. The van der Waals surface area contributed by atoms with Crippen molar-refractivity contribution in [3.05, 3.63) is 77.7 Å². The quantitative estimate of drug-likeness (QED) is 0.348. The van der Waals surface area contributed by atoms with Gasteiger partial charge in [0.05, 0.1) is 23.6 Å². The van der Waals surface area contributed by atoms with E-state index in [1.54, 1.807) is 13.2 Å². The molecule has 0 spiro atoms. The van der Waals surface area contributed by atoms with E-state index in [9.17, 15) is 9.59 Å². The zero-order chi connectivity index (χ0) is 24.9. The van der Waals surface area contributed by atoms with Gasteiger partial charge in [-0.2, -0.15) is 0 Å². The molecule has 0 saturated carbocycles. The molecule has 0 aliphatic carbocycles. The lowest BCUT2D eigenvalue weighted by atomic mass is 10.1. The van der Waals surface area contributed by atoms with Gasteiger partial charge in [-0.15, -0.1) is 10.2 Å². The molecule has 4 rings (SSSR count). The number of nitrogens with one attached hydrogen (secondary N) is 2. The van der Waals surface area contributed by atoms with Crippen LogP contribution < -0.4 is 10.6 Å². The lowest BCUT2D eigenvalue weighted by Crippen LogP contribution is -2.37.